The fourth-order valence-corrected chi connectivity index (χ4v) is 2.18. The second-order valence-electron chi connectivity index (χ2n) is 4.05. The minimum Gasteiger partial charge on any atom is -0.381 e. The number of thioether (sulfide) groups is 1. The van der Waals surface area contributed by atoms with Crippen LogP contribution in [0.1, 0.15) is 12.8 Å². The molecule has 1 aromatic rings. The van der Waals surface area contributed by atoms with Gasteiger partial charge in [0, 0.05) is 26.3 Å². The lowest BCUT2D eigenvalue weighted by Gasteiger charge is -2.34. The highest BCUT2D eigenvalue weighted by atomic mass is 32.2. The number of aromatic nitrogens is 2. The maximum Gasteiger partial charge on any atom is 0.191 e. The molecule has 0 spiro atoms. The van der Waals surface area contributed by atoms with Gasteiger partial charge in [-0.25, -0.2) is 9.97 Å². The van der Waals surface area contributed by atoms with E-state index in [1.54, 1.807) is 18.9 Å². The molecule has 1 fully saturated rings. The van der Waals surface area contributed by atoms with Crippen LogP contribution in [-0.4, -0.2) is 42.5 Å². The standard InChI is InChI=1S/C11H18N4OS/c1-12-9-6-10(15-11(14-9)17-3)13-7-4-8(5-7)16-2/h6-8H,4-5H2,1-3H3,(H2,12,13,14,15). The van der Waals surface area contributed by atoms with E-state index in [1.165, 1.54) is 0 Å². The lowest BCUT2D eigenvalue weighted by atomic mass is 9.89. The second-order valence-corrected chi connectivity index (χ2v) is 4.82. The minimum absolute atomic E-state index is 0.401. The summed E-state index contributed by atoms with van der Waals surface area (Å²) in [4.78, 5) is 8.76. The van der Waals surface area contributed by atoms with E-state index in [9.17, 15) is 0 Å². The molecule has 0 unspecified atom stereocenters. The van der Waals surface area contributed by atoms with Gasteiger partial charge >= 0.3 is 0 Å². The van der Waals surface area contributed by atoms with Gasteiger partial charge in [-0.2, -0.15) is 0 Å². The Bertz CT molecular complexity index is 359. The summed E-state index contributed by atoms with van der Waals surface area (Å²) < 4.78 is 5.25. The van der Waals surface area contributed by atoms with Crippen molar-refractivity contribution < 1.29 is 4.74 Å². The molecule has 1 aliphatic carbocycles. The molecule has 1 saturated carbocycles. The summed E-state index contributed by atoms with van der Waals surface area (Å²) in [6, 6.07) is 2.40. The lowest BCUT2D eigenvalue weighted by molar-refractivity contribution is 0.0328. The molecule has 0 radical (unpaired) electrons. The number of nitrogens with zero attached hydrogens (tertiary/aromatic N) is 2. The SMILES string of the molecule is CNc1cc(NC2CC(OC)C2)nc(SC)n1. The Hall–Kier alpha value is -1.01. The molecule has 6 heteroatoms. The number of hydrogen-bond donors (Lipinski definition) is 2. The van der Waals surface area contributed by atoms with E-state index < -0.39 is 0 Å². The molecular weight excluding hydrogens is 236 g/mol. The smallest absolute Gasteiger partial charge is 0.191 e. The highest BCUT2D eigenvalue weighted by molar-refractivity contribution is 7.98. The molecule has 0 aliphatic heterocycles. The van der Waals surface area contributed by atoms with Crippen LogP contribution in [0.15, 0.2) is 11.2 Å². The van der Waals surface area contributed by atoms with Gasteiger partial charge in [0.25, 0.3) is 0 Å². The number of rotatable bonds is 5. The maximum atomic E-state index is 5.25. The van der Waals surface area contributed by atoms with E-state index in [1.807, 2.05) is 19.4 Å². The summed E-state index contributed by atoms with van der Waals surface area (Å²) in [5, 5.41) is 7.23. The van der Waals surface area contributed by atoms with Crippen LogP contribution >= 0.6 is 11.8 Å². The van der Waals surface area contributed by atoms with Crippen molar-refractivity contribution in [2.24, 2.45) is 0 Å². The average molecular weight is 254 g/mol. The number of nitrogens with one attached hydrogen (secondary N) is 2. The molecule has 0 aromatic carbocycles. The summed E-state index contributed by atoms with van der Waals surface area (Å²) in [6.45, 7) is 0. The van der Waals surface area contributed by atoms with Crippen molar-refractivity contribution in [1.29, 1.82) is 0 Å². The van der Waals surface area contributed by atoms with E-state index >= 15 is 0 Å². The van der Waals surface area contributed by atoms with E-state index in [-0.39, 0.29) is 0 Å². The normalized spacial score (nSPS) is 23.0. The van der Waals surface area contributed by atoms with Gasteiger partial charge in [-0.05, 0) is 19.1 Å². The van der Waals surface area contributed by atoms with Crippen molar-refractivity contribution in [2.75, 3.05) is 31.0 Å². The molecule has 2 N–H and O–H groups in total. The summed E-state index contributed by atoms with van der Waals surface area (Å²) in [7, 11) is 3.62. The predicted octanol–water partition coefficient (Wildman–Crippen LogP) is 1.83. The quantitative estimate of drug-likeness (QED) is 0.617. The minimum atomic E-state index is 0.401. The first-order valence-electron chi connectivity index (χ1n) is 5.65. The maximum absolute atomic E-state index is 5.25. The molecule has 0 bridgehead atoms. The highest BCUT2D eigenvalue weighted by Crippen LogP contribution is 2.26. The fourth-order valence-electron chi connectivity index (χ4n) is 1.80. The Morgan fingerprint density at radius 2 is 2.06 bits per heavy atom. The highest BCUT2D eigenvalue weighted by Gasteiger charge is 2.29. The van der Waals surface area contributed by atoms with Crippen LogP contribution in [0, 0.1) is 0 Å². The van der Waals surface area contributed by atoms with Gasteiger partial charge in [0.15, 0.2) is 5.16 Å². The Morgan fingerprint density at radius 3 is 2.65 bits per heavy atom. The van der Waals surface area contributed by atoms with Crippen molar-refractivity contribution in [2.45, 2.75) is 30.1 Å². The summed E-state index contributed by atoms with van der Waals surface area (Å²) >= 11 is 1.54. The van der Waals surface area contributed by atoms with Crippen LogP contribution in [0.2, 0.25) is 0 Å². The van der Waals surface area contributed by atoms with Crippen LogP contribution in [0.5, 0.6) is 0 Å². The monoisotopic (exact) mass is 254 g/mol. The zero-order chi connectivity index (χ0) is 12.3. The molecule has 1 aliphatic rings. The number of ether oxygens (including phenoxy) is 1. The zero-order valence-electron chi connectivity index (χ0n) is 10.4. The van der Waals surface area contributed by atoms with E-state index in [0.717, 1.165) is 29.6 Å². The Balaban J connectivity index is 2.00. The molecular formula is C11H18N4OS. The van der Waals surface area contributed by atoms with Crippen LogP contribution < -0.4 is 10.6 Å². The van der Waals surface area contributed by atoms with E-state index in [4.69, 9.17) is 4.74 Å². The van der Waals surface area contributed by atoms with Gasteiger partial charge in [0.2, 0.25) is 0 Å². The van der Waals surface area contributed by atoms with Gasteiger partial charge in [0.1, 0.15) is 11.6 Å². The first-order chi connectivity index (χ1) is 8.25. The van der Waals surface area contributed by atoms with Crippen molar-refractivity contribution in [3.05, 3.63) is 6.07 Å². The Labute approximate surface area is 106 Å². The molecule has 0 atom stereocenters. The molecule has 0 amide bonds. The van der Waals surface area contributed by atoms with Crippen LogP contribution in [-0.2, 0) is 4.74 Å². The first-order valence-corrected chi connectivity index (χ1v) is 6.87. The predicted molar refractivity (Wildman–Crippen MR) is 70.8 cm³/mol. The summed E-state index contributed by atoms with van der Waals surface area (Å²) in [5.41, 5.74) is 0. The lowest BCUT2D eigenvalue weighted by Crippen LogP contribution is -2.40. The van der Waals surface area contributed by atoms with Gasteiger partial charge in [-0.3, -0.25) is 0 Å². The van der Waals surface area contributed by atoms with Gasteiger partial charge in [-0.15, -0.1) is 0 Å². The van der Waals surface area contributed by atoms with Gasteiger partial charge in [0.05, 0.1) is 6.10 Å². The Morgan fingerprint density at radius 1 is 1.35 bits per heavy atom. The van der Waals surface area contributed by atoms with Crippen LogP contribution in [0.3, 0.4) is 0 Å². The third-order valence-electron chi connectivity index (χ3n) is 2.92. The van der Waals surface area contributed by atoms with E-state index in [2.05, 4.69) is 20.6 Å². The molecule has 1 heterocycles. The number of hydrogen-bond acceptors (Lipinski definition) is 6. The largest absolute Gasteiger partial charge is 0.381 e. The zero-order valence-corrected chi connectivity index (χ0v) is 11.2. The van der Waals surface area contributed by atoms with Crippen LogP contribution in [0.25, 0.3) is 0 Å². The second kappa shape index (κ2) is 5.55. The molecule has 1 aromatic heterocycles. The Kier molecular flexibility index (Phi) is 4.06. The van der Waals surface area contributed by atoms with Gasteiger partial charge in [-0.1, -0.05) is 11.8 Å². The molecule has 0 saturated heterocycles. The van der Waals surface area contributed by atoms with Crippen molar-refractivity contribution in [3.63, 3.8) is 0 Å². The molecule has 17 heavy (non-hydrogen) atoms. The molecule has 2 rings (SSSR count). The molecule has 5 nitrogen and oxygen atoms in total. The van der Waals surface area contributed by atoms with Gasteiger partial charge < -0.3 is 15.4 Å². The summed E-state index contributed by atoms with van der Waals surface area (Å²) in [5.74, 6) is 1.72. The first kappa shape index (κ1) is 12.4. The third-order valence-corrected chi connectivity index (χ3v) is 3.47. The van der Waals surface area contributed by atoms with Crippen LogP contribution in [0.4, 0.5) is 11.6 Å². The van der Waals surface area contributed by atoms with Crippen molar-refractivity contribution >= 4 is 23.4 Å². The topological polar surface area (TPSA) is 59.1 Å². The van der Waals surface area contributed by atoms with E-state index in [0.29, 0.717) is 12.1 Å². The number of methoxy groups -OCH3 is 1. The number of anilines is 2. The van der Waals surface area contributed by atoms with Crippen molar-refractivity contribution in [1.82, 2.24) is 9.97 Å². The third kappa shape index (κ3) is 3.01. The molecule has 94 valence electrons. The van der Waals surface area contributed by atoms with Crippen molar-refractivity contribution in [3.8, 4) is 0 Å². The fraction of sp³-hybridized carbons (Fsp3) is 0.636. The summed E-state index contributed by atoms with van der Waals surface area (Å²) in [6.07, 6.45) is 4.47. The average Bonchev–Trinajstić information content (AvgIpc) is 2.32.